The molecule has 0 spiro atoms. The number of amides is 1. The minimum Gasteiger partial charge on any atom is -0.349 e. The molecule has 1 atom stereocenters. The van der Waals surface area contributed by atoms with Crippen molar-refractivity contribution >= 4 is 27.5 Å². The number of benzene rings is 2. The molecule has 29 heavy (non-hydrogen) atoms. The average molecular weight is 439 g/mol. The van der Waals surface area contributed by atoms with Gasteiger partial charge in [-0.15, -0.1) is 0 Å². The van der Waals surface area contributed by atoms with Crippen molar-refractivity contribution in [3.05, 3.63) is 64.9 Å². The van der Waals surface area contributed by atoms with Gasteiger partial charge in [0.15, 0.2) is 0 Å². The number of halogens is 2. The minimum absolute atomic E-state index is 0.0574. The predicted octanol–water partition coefficient (Wildman–Crippen LogP) is 4.19. The number of hydrogen-bond acceptors (Lipinski definition) is 3. The third-order valence-corrected chi connectivity index (χ3v) is 7.01. The molecule has 1 saturated carbocycles. The molecule has 5 nitrogen and oxygen atoms in total. The Kier molecular flexibility index (Phi) is 6.93. The summed E-state index contributed by atoms with van der Waals surface area (Å²) in [7, 11) is -3.64. The second kappa shape index (κ2) is 9.24. The van der Waals surface area contributed by atoms with Crippen molar-refractivity contribution in [2.75, 3.05) is 0 Å². The van der Waals surface area contributed by atoms with Crippen LogP contribution in [0.5, 0.6) is 0 Å². The van der Waals surface area contributed by atoms with Crippen molar-refractivity contribution in [3.8, 4) is 0 Å². The summed E-state index contributed by atoms with van der Waals surface area (Å²) in [6, 6.07) is 11.8. The summed E-state index contributed by atoms with van der Waals surface area (Å²) >= 11 is 5.89. The highest BCUT2D eigenvalue weighted by atomic mass is 35.5. The molecule has 0 heterocycles. The van der Waals surface area contributed by atoms with Gasteiger partial charge in [-0.25, -0.2) is 17.5 Å². The third kappa shape index (κ3) is 5.78. The van der Waals surface area contributed by atoms with E-state index >= 15 is 0 Å². The number of hydrogen-bond donors (Lipinski definition) is 2. The molecular formula is C21H24ClFN2O3S. The topological polar surface area (TPSA) is 75.3 Å². The molecular weight excluding hydrogens is 415 g/mol. The van der Waals surface area contributed by atoms with Gasteiger partial charge in [0.25, 0.3) is 0 Å². The molecule has 156 valence electrons. The van der Waals surface area contributed by atoms with E-state index in [0.29, 0.717) is 30.7 Å². The molecule has 2 aromatic rings. The van der Waals surface area contributed by atoms with Gasteiger partial charge < -0.3 is 5.32 Å². The Morgan fingerprint density at radius 1 is 1.10 bits per heavy atom. The van der Waals surface area contributed by atoms with Crippen LogP contribution in [0.2, 0.25) is 5.02 Å². The first-order chi connectivity index (χ1) is 13.7. The van der Waals surface area contributed by atoms with E-state index in [-0.39, 0.29) is 34.6 Å². The van der Waals surface area contributed by atoms with E-state index in [1.807, 2.05) is 6.92 Å². The lowest BCUT2D eigenvalue weighted by atomic mass is 9.85. The summed E-state index contributed by atoms with van der Waals surface area (Å²) < 4.78 is 40.8. The van der Waals surface area contributed by atoms with Gasteiger partial charge in [-0.05, 0) is 68.5 Å². The van der Waals surface area contributed by atoms with Crippen LogP contribution in [0.4, 0.5) is 4.39 Å². The highest BCUT2D eigenvalue weighted by Gasteiger charge is 2.29. The molecule has 0 aliphatic heterocycles. The standard InChI is InChI=1S/C21H24ClFN2O3S/c1-14(15-5-9-18(23)10-6-15)24-21(26)16-7-11-19(12-8-16)25-29(27,28)20-4-2-3-17(22)13-20/h2-6,9-10,13-14,16,19,25H,7-8,11-12H2,1H3,(H,24,26)/t14-,16?,19?/m1/s1. The number of sulfonamides is 1. The van der Waals surface area contributed by atoms with Crippen molar-refractivity contribution < 1.29 is 17.6 Å². The van der Waals surface area contributed by atoms with Crippen molar-refractivity contribution in [1.29, 1.82) is 0 Å². The number of carbonyl (C=O) groups is 1. The Labute approximate surface area is 175 Å². The van der Waals surface area contributed by atoms with Crippen LogP contribution in [0.25, 0.3) is 0 Å². The quantitative estimate of drug-likeness (QED) is 0.709. The molecule has 0 saturated heterocycles. The fourth-order valence-electron chi connectivity index (χ4n) is 3.56. The SMILES string of the molecule is C[C@@H](NC(=O)C1CCC(NS(=O)(=O)c2cccc(Cl)c2)CC1)c1ccc(F)cc1. The van der Waals surface area contributed by atoms with Gasteiger partial charge in [0.2, 0.25) is 15.9 Å². The first-order valence-corrected chi connectivity index (χ1v) is 11.4. The maximum atomic E-state index is 13.0. The normalized spacial score (nSPS) is 20.8. The summed E-state index contributed by atoms with van der Waals surface area (Å²) in [4.78, 5) is 12.7. The van der Waals surface area contributed by atoms with Crippen LogP contribution in [0.15, 0.2) is 53.4 Å². The molecule has 1 fully saturated rings. The van der Waals surface area contributed by atoms with E-state index < -0.39 is 10.0 Å². The first kappa shape index (κ1) is 21.7. The van der Waals surface area contributed by atoms with Gasteiger partial charge in [-0.2, -0.15) is 0 Å². The summed E-state index contributed by atoms with van der Waals surface area (Å²) in [6.07, 6.45) is 2.38. The summed E-state index contributed by atoms with van der Waals surface area (Å²) in [5.41, 5.74) is 0.836. The molecule has 0 aromatic heterocycles. The van der Waals surface area contributed by atoms with Gasteiger partial charge in [0, 0.05) is 17.0 Å². The minimum atomic E-state index is -3.64. The van der Waals surface area contributed by atoms with E-state index in [1.54, 1.807) is 24.3 Å². The monoisotopic (exact) mass is 438 g/mol. The average Bonchev–Trinajstić information content (AvgIpc) is 2.68. The van der Waals surface area contributed by atoms with E-state index in [0.717, 1.165) is 5.56 Å². The highest BCUT2D eigenvalue weighted by Crippen LogP contribution is 2.27. The Bertz CT molecular complexity index is 958. The second-order valence-electron chi connectivity index (χ2n) is 7.41. The third-order valence-electron chi connectivity index (χ3n) is 5.25. The van der Waals surface area contributed by atoms with E-state index in [2.05, 4.69) is 10.0 Å². The summed E-state index contributed by atoms with van der Waals surface area (Å²) in [5.74, 6) is -0.534. The molecule has 0 radical (unpaired) electrons. The smallest absolute Gasteiger partial charge is 0.240 e. The van der Waals surface area contributed by atoms with E-state index in [1.165, 1.54) is 24.3 Å². The number of nitrogens with one attached hydrogen (secondary N) is 2. The van der Waals surface area contributed by atoms with Crippen LogP contribution in [-0.2, 0) is 14.8 Å². The lowest BCUT2D eigenvalue weighted by molar-refractivity contribution is -0.126. The Morgan fingerprint density at radius 2 is 1.76 bits per heavy atom. The van der Waals surface area contributed by atoms with Gasteiger partial charge >= 0.3 is 0 Å². The van der Waals surface area contributed by atoms with Crippen LogP contribution < -0.4 is 10.0 Å². The van der Waals surface area contributed by atoms with Crippen LogP contribution >= 0.6 is 11.6 Å². The maximum absolute atomic E-state index is 13.0. The van der Waals surface area contributed by atoms with Gasteiger partial charge in [-0.3, -0.25) is 4.79 Å². The maximum Gasteiger partial charge on any atom is 0.240 e. The van der Waals surface area contributed by atoms with E-state index in [9.17, 15) is 17.6 Å². The molecule has 1 amide bonds. The van der Waals surface area contributed by atoms with Crippen molar-refractivity contribution in [2.24, 2.45) is 5.92 Å². The lowest BCUT2D eigenvalue weighted by Crippen LogP contribution is -2.41. The molecule has 2 aromatic carbocycles. The van der Waals surface area contributed by atoms with E-state index in [4.69, 9.17) is 11.6 Å². The van der Waals surface area contributed by atoms with Gasteiger partial charge in [-0.1, -0.05) is 29.8 Å². The van der Waals surface area contributed by atoms with Crippen molar-refractivity contribution in [1.82, 2.24) is 10.0 Å². The first-order valence-electron chi connectivity index (χ1n) is 9.58. The molecule has 1 aliphatic rings. The van der Waals surface area contributed by atoms with Gasteiger partial charge in [0.05, 0.1) is 10.9 Å². The fourth-order valence-corrected chi connectivity index (χ4v) is 5.17. The van der Waals surface area contributed by atoms with Crippen LogP contribution in [0, 0.1) is 11.7 Å². The van der Waals surface area contributed by atoms with Crippen molar-refractivity contribution in [3.63, 3.8) is 0 Å². The largest absolute Gasteiger partial charge is 0.349 e. The zero-order valence-electron chi connectivity index (χ0n) is 16.1. The highest BCUT2D eigenvalue weighted by molar-refractivity contribution is 7.89. The zero-order valence-corrected chi connectivity index (χ0v) is 17.6. The molecule has 8 heteroatoms. The second-order valence-corrected chi connectivity index (χ2v) is 9.56. The number of carbonyl (C=O) groups excluding carboxylic acids is 1. The Balaban J connectivity index is 1.52. The number of rotatable bonds is 6. The zero-order chi connectivity index (χ0) is 21.0. The molecule has 2 N–H and O–H groups in total. The molecule has 0 unspecified atom stereocenters. The molecule has 0 bridgehead atoms. The summed E-state index contributed by atoms with van der Waals surface area (Å²) in [5, 5.41) is 3.33. The predicted molar refractivity (Wildman–Crippen MR) is 110 cm³/mol. The Morgan fingerprint density at radius 3 is 2.38 bits per heavy atom. The van der Waals surface area contributed by atoms with Crippen LogP contribution in [0.3, 0.4) is 0 Å². The van der Waals surface area contributed by atoms with Crippen LogP contribution in [-0.4, -0.2) is 20.4 Å². The molecule has 3 rings (SSSR count). The fraction of sp³-hybridized carbons (Fsp3) is 0.381. The van der Waals surface area contributed by atoms with Crippen LogP contribution in [0.1, 0.15) is 44.2 Å². The molecule has 1 aliphatic carbocycles. The summed E-state index contributed by atoms with van der Waals surface area (Å²) in [6.45, 7) is 1.86. The Hall–Kier alpha value is -1.96. The van der Waals surface area contributed by atoms with Crippen molar-refractivity contribution in [2.45, 2.75) is 49.6 Å². The lowest BCUT2D eigenvalue weighted by Gasteiger charge is -2.29. The van der Waals surface area contributed by atoms with Gasteiger partial charge in [0.1, 0.15) is 5.82 Å².